The van der Waals surface area contributed by atoms with E-state index in [0.29, 0.717) is 10.8 Å². The summed E-state index contributed by atoms with van der Waals surface area (Å²) in [6.45, 7) is 0.0303. The van der Waals surface area contributed by atoms with E-state index in [4.69, 9.17) is 27.3 Å². The number of carbonyl (C=O) groups excluding carboxylic acids is 1. The second-order valence-corrected chi connectivity index (χ2v) is 3.56. The number of hydrogen-bond acceptors (Lipinski definition) is 4. The van der Waals surface area contributed by atoms with Gasteiger partial charge >= 0.3 is 0 Å². The number of benzene rings is 1. The third-order valence-electron chi connectivity index (χ3n) is 1.98. The molecular formula is C11H12ClN3O2. The Balaban J connectivity index is 2.63. The third kappa shape index (κ3) is 3.94. The molecule has 0 fully saturated rings. The van der Waals surface area contributed by atoms with Crippen LogP contribution in [0.5, 0.6) is 5.75 Å². The van der Waals surface area contributed by atoms with Gasteiger partial charge in [0.2, 0.25) is 0 Å². The lowest BCUT2D eigenvalue weighted by atomic mass is 10.2. The zero-order chi connectivity index (χ0) is 12.7. The van der Waals surface area contributed by atoms with Gasteiger partial charge in [-0.05, 0) is 6.07 Å². The second kappa shape index (κ2) is 6.74. The molecule has 0 spiro atoms. The predicted molar refractivity (Wildman–Crippen MR) is 63.5 cm³/mol. The van der Waals surface area contributed by atoms with Gasteiger partial charge in [0.25, 0.3) is 5.91 Å². The van der Waals surface area contributed by atoms with Crippen molar-refractivity contribution < 1.29 is 9.53 Å². The van der Waals surface area contributed by atoms with Crippen LogP contribution in [0, 0.1) is 11.3 Å². The highest BCUT2D eigenvalue weighted by Crippen LogP contribution is 2.28. The van der Waals surface area contributed by atoms with Crippen LogP contribution in [0.2, 0.25) is 5.02 Å². The van der Waals surface area contributed by atoms with Gasteiger partial charge in [-0.2, -0.15) is 5.26 Å². The molecule has 0 bridgehead atoms. The predicted octanol–water partition coefficient (Wildman–Crippen LogP) is 0.817. The number of amides is 1. The minimum atomic E-state index is -0.380. The highest BCUT2D eigenvalue weighted by Gasteiger charge is 2.09. The van der Waals surface area contributed by atoms with Gasteiger partial charge in [-0.15, -0.1) is 0 Å². The van der Waals surface area contributed by atoms with Crippen LogP contribution >= 0.6 is 11.6 Å². The topological polar surface area (TPSA) is 88.1 Å². The molecule has 1 aromatic carbocycles. The van der Waals surface area contributed by atoms with Crippen LogP contribution in [0.1, 0.15) is 5.56 Å². The standard InChI is InChI=1S/C11H12ClN3O2/c12-9-3-1-2-8(6-14)11(9)17-7-10(16)15-5-4-13/h1-3H,5-7,14H2,(H,15,16). The minimum Gasteiger partial charge on any atom is -0.482 e. The summed E-state index contributed by atoms with van der Waals surface area (Å²) in [5.41, 5.74) is 6.25. The number of nitrogens with zero attached hydrogens (tertiary/aromatic N) is 1. The molecule has 0 aliphatic heterocycles. The molecule has 3 N–H and O–H groups in total. The molecule has 17 heavy (non-hydrogen) atoms. The molecular weight excluding hydrogens is 242 g/mol. The summed E-state index contributed by atoms with van der Waals surface area (Å²) in [6.07, 6.45) is 0. The molecule has 0 saturated carbocycles. The Hall–Kier alpha value is -1.77. The maximum absolute atomic E-state index is 11.2. The Morgan fingerprint density at radius 1 is 1.59 bits per heavy atom. The first-order valence-corrected chi connectivity index (χ1v) is 5.30. The average Bonchev–Trinajstić information content (AvgIpc) is 2.34. The monoisotopic (exact) mass is 253 g/mol. The number of rotatable bonds is 5. The van der Waals surface area contributed by atoms with Crippen LogP contribution in [0.4, 0.5) is 0 Å². The summed E-state index contributed by atoms with van der Waals surface area (Å²) in [5, 5.41) is 11.0. The lowest BCUT2D eigenvalue weighted by molar-refractivity contribution is -0.122. The molecule has 1 aromatic rings. The van der Waals surface area contributed by atoms with Gasteiger partial charge in [0.15, 0.2) is 6.61 Å². The van der Waals surface area contributed by atoms with Gasteiger partial charge in [-0.1, -0.05) is 23.7 Å². The highest BCUT2D eigenvalue weighted by molar-refractivity contribution is 6.32. The van der Waals surface area contributed by atoms with Crippen LogP contribution in [0.3, 0.4) is 0 Å². The number of hydrogen-bond donors (Lipinski definition) is 2. The number of carbonyl (C=O) groups is 1. The van der Waals surface area contributed by atoms with E-state index in [1.54, 1.807) is 24.3 Å². The van der Waals surface area contributed by atoms with Crippen molar-refractivity contribution in [3.8, 4) is 11.8 Å². The molecule has 0 heterocycles. The van der Waals surface area contributed by atoms with Crippen molar-refractivity contribution in [2.45, 2.75) is 6.54 Å². The Bertz CT molecular complexity index is 443. The number of nitrogens with two attached hydrogens (primary N) is 1. The van der Waals surface area contributed by atoms with Crippen LogP contribution in [0.15, 0.2) is 18.2 Å². The molecule has 0 saturated heterocycles. The van der Waals surface area contributed by atoms with E-state index in [0.717, 1.165) is 5.56 Å². The molecule has 0 radical (unpaired) electrons. The normalized spacial score (nSPS) is 9.47. The quantitative estimate of drug-likeness (QED) is 0.761. The first-order chi connectivity index (χ1) is 8.19. The SMILES string of the molecule is N#CCNC(=O)COc1c(Cl)cccc1CN. The molecule has 0 aliphatic carbocycles. The first kappa shape index (κ1) is 13.3. The first-order valence-electron chi connectivity index (χ1n) is 4.93. The number of para-hydroxylation sites is 1. The summed E-state index contributed by atoms with van der Waals surface area (Å²) >= 11 is 5.93. The summed E-state index contributed by atoms with van der Waals surface area (Å²) in [4.78, 5) is 11.2. The van der Waals surface area contributed by atoms with Crippen molar-refractivity contribution in [3.63, 3.8) is 0 Å². The van der Waals surface area contributed by atoms with Crippen molar-refractivity contribution in [2.24, 2.45) is 5.73 Å². The molecule has 0 unspecified atom stereocenters. The lowest BCUT2D eigenvalue weighted by Gasteiger charge is -2.11. The van der Waals surface area contributed by atoms with E-state index < -0.39 is 0 Å². The van der Waals surface area contributed by atoms with Crippen LogP contribution in [-0.4, -0.2) is 19.1 Å². The number of nitriles is 1. The van der Waals surface area contributed by atoms with Crippen LogP contribution in [0.25, 0.3) is 0 Å². The maximum Gasteiger partial charge on any atom is 0.258 e. The second-order valence-electron chi connectivity index (χ2n) is 3.16. The summed E-state index contributed by atoms with van der Waals surface area (Å²) in [5.74, 6) is 0.0261. The van der Waals surface area contributed by atoms with Crippen LogP contribution in [-0.2, 0) is 11.3 Å². The van der Waals surface area contributed by atoms with Gasteiger partial charge in [-0.3, -0.25) is 4.79 Å². The van der Waals surface area contributed by atoms with Crippen molar-refractivity contribution in [3.05, 3.63) is 28.8 Å². The largest absolute Gasteiger partial charge is 0.482 e. The van der Waals surface area contributed by atoms with Gasteiger partial charge in [-0.25, -0.2) is 0 Å². The van der Waals surface area contributed by atoms with Gasteiger partial charge < -0.3 is 15.8 Å². The molecule has 6 heteroatoms. The van der Waals surface area contributed by atoms with E-state index in [1.807, 2.05) is 0 Å². The van der Waals surface area contributed by atoms with Gasteiger partial charge in [0.1, 0.15) is 12.3 Å². The Labute approximate surface area is 104 Å². The fraction of sp³-hybridized carbons (Fsp3) is 0.273. The summed E-state index contributed by atoms with van der Waals surface area (Å²) in [7, 11) is 0. The molecule has 5 nitrogen and oxygen atoms in total. The van der Waals surface area contributed by atoms with Gasteiger partial charge in [0, 0.05) is 12.1 Å². The van der Waals surface area contributed by atoms with Crippen molar-refractivity contribution in [1.29, 1.82) is 5.26 Å². The summed E-state index contributed by atoms with van der Waals surface area (Å²) < 4.78 is 5.28. The Kier molecular flexibility index (Phi) is 5.27. The molecule has 1 rings (SSSR count). The molecule has 0 aromatic heterocycles. The molecule has 1 amide bonds. The zero-order valence-electron chi connectivity index (χ0n) is 9.07. The van der Waals surface area contributed by atoms with Crippen molar-refractivity contribution in [1.82, 2.24) is 5.32 Å². The lowest BCUT2D eigenvalue weighted by Crippen LogP contribution is -2.29. The number of nitrogens with one attached hydrogen (secondary N) is 1. The molecule has 90 valence electrons. The summed E-state index contributed by atoms with van der Waals surface area (Å²) in [6, 6.07) is 6.98. The van der Waals surface area contributed by atoms with Crippen molar-refractivity contribution in [2.75, 3.05) is 13.2 Å². The average molecular weight is 254 g/mol. The molecule has 0 aliphatic rings. The Morgan fingerprint density at radius 2 is 2.35 bits per heavy atom. The fourth-order valence-electron chi connectivity index (χ4n) is 1.20. The smallest absolute Gasteiger partial charge is 0.258 e. The Morgan fingerprint density at radius 3 is 3.00 bits per heavy atom. The van der Waals surface area contributed by atoms with Crippen LogP contribution < -0.4 is 15.8 Å². The third-order valence-corrected chi connectivity index (χ3v) is 2.28. The minimum absolute atomic E-state index is 0.0472. The number of ether oxygens (including phenoxy) is 1. The molecule has 0 atom stereocenters. The zero-order valence-corrected chi connectivity index (χ0v) is 9.83. The fourth-order valence-corrected chi connectivity index (χ4v) is 1.45. The highest BCUT2D eigenvalue weighted by atomic mass is 35.5. The maximum atomic E-state index is 11.2. The van der Waals surface area contributed by atoms with Crippen molar-refractivity contribution >= 4 is 17.5 Å². The van der Waals surface area contributed by atoms with Gasteiger partial charge in [0.05, 0.1) is 11.1 Å². The van der Waals surface area contributed by atoms with E-state index in [9.17, 15) is 4.79 Å². The van der Waals surface area contributed by atoms with E-state index in [2.05, 4.69) is 5.32 Å². The van der Waals surface area contributed by atoms with E-state index >= 15 is 0 Å². The number of halogens is 1. The van der Waals surface area contributed by atoms with E-state index in [1.165, 1.54) is 0 Å². The van der Waals surface area contributed by atoms with E-state index in [-0.39, 0.29) is 25.6 Å².